The molecule has 0 aromatic heterocycles. The van der Waals surface area contributed by atoms with Crippen LogP contribution >= 0.6 is 0 Å². The van der Waals surface area contributed by atoms with Crippen molar-refractivity contribution in [1.82, 2.24) is 16.0 Å². The van der Waals surface area contributed by atoms with Gasteiger partial charge in [0.2, 0.25) is 17.7 Å². The number of carboxylic acid groups (broad SMARTS) is 1. The Bertz CT molecular complexity index is 512. The van der Waals surface area contributed by atoms with Crippen LogP contribution in [0.2, 0.25) is 0 Å². The zero-order chi connectivity index (χ0) is 19.0. The van der Waals surface area contributed by atoms with Crippen molar-refractivity contribution in [3.05, 3.63) is 0 Å². The number of hydrogen-bond donors (Lipinski definition) is 6. The zero-order valence-corrected chi connectivity index (χ0v) is 14.2. The van der Waals surface area contributed by atoms with E-state index < -0.39 is 42.0 Å². The third-order valence-corrected chi connectivity index (χ3v) is 4.16. The summed E-state index contributed by atoms with van der Waals surface area (Å²) in [5.74, 6) is -2.37. The normalized spacial score (nSPS) is 20.2. The number of carbonyl (C=O) groups excluding carboxylic acids is 3. The molecule has 0 radical (unpaired) electrons. The highest BCUT2D eigenvalue weighted by Gasteiger charge is 2.34. The van der Waals surface area contributed by atoms with E-state index in [2.05, 4.69) is 16.0 Å². The lowest BCUT2D eigenvalue weighted by Gasteiger charge is -2.26. The van der Waals surface area contributed by atoms with Gasteiger partial charge in [0, 0.05) is 12.5 Å². The predicted octanol–water partition coefficient (Wildman–Crippen LogP) is -1.33. The first-order chi connectivity index (χ1) is 11.8. The second-order valence-electron chi connectivity index (χ2n) is 6.12. The van der Waals surface area contributed by atoms with Crippen molar-refractivity contribution in [2.24, 2.45) is 11.7 Å². The van der Waals surface area contributed by atoms with Gasteiger partial charge < -0.3 is 31.9 Å². The number of aliphatic hydroxyl groups excluding tert-OH is 1. The Morgan fingerprint density at radius 1 is 1.36 bits per heavy atom. The average molecular weight is 358 g/mol. The number of nitrogens with one attached hydrogen (secondary N) is 3. The zero-order valence-electron chi connectivity index (χ0n) is 14.2. The molecular formula is C15H26N4O6. The van der Waals surface area contributed by atoms with Crippen molar-refractivity contribution >= 4 is 23.8 Å². The molecule has 10 heteroatoms. The largest absolute Gasteiger partial charge is 0.465 e. The Balaban J connectivity index is 2.81. The van der Waals surface area contributed by atoms with Gasteiger partial charge in [-0.2, -0.15) is 0 Å². The SMILES string of the molecule is CCCC[C@H](NC(=O)O)C(=O)N[C@@H](C[C@@H]1CCNC1=O)C(O)C(N)=O. The molecular weight excluding hydrogens is 332 g/mol. The summed E-state index contributed by atoms with van der Waals surface area (Å²) in [6.07, 6.45) is -0.809. The molecule has 0 aliphatic carbocycles. The van der Waals surface area contributed by atoms with Gasteiger partial charge in [0.25, 0.3) is 0 Å². The molecule has 1 aliphatic rings. The Morgan fingerprint density at radius 3 is 2.52 bits per heavy atom. The number of amides is 4. The first-order valence-corrected chi connectivity index (χ1v) is 8.31. The first kappa shape index (κ1) is 20.7. The minimum atomic E-state index is -1.67. The van der Waals surface area contributed by atoms with Crippen LogP contribution in [-0.2, 0) is 14.4 Å². The maximum Gasteiger partial charge on any atom is 0.405 e. The Labute approximate surface area is 145 Å². The monoisotopic (exact) mass is 358 g/mol. The van der Waals surface area contributed by atoms with Crippen molar-refractivity contribution in [3.63, 3.8) is 0 Å². The summed E-state index contributed by atoms with van der Waals surface area (Å²) in [7, 11) is 0. The van der Waals surface area contributed by atoms with Gasteiger partial charge in [-0.15, -0.1) is 0 Å². The second-order valence-corrected chi connectivity index (χ2v) is 6.12. The molecule has 0 aromatic rings. The van der Waals surface area contributed by atoms with Crippen molar-refractivity contribution in [2.75, 3.05) is 6.54 Å². The van der Waals surface area contributed by atoms with Crippen LogP contribution in [0.25, 0.3) is 0 Å². The van der Waals surface area contributed by atoms with Gasteiger partial charge in [0.05, 0.1) is 6.04 Å². The Kier molecular flexibility index (Phi) is 8.12. The number of hydrogen-bond acceptors (Lipinski definition) is 5. The molecule has 0 bridgehead atoms. The summed E-state index contributed by atoms with van der Waals surface area (Å²) in [4.78, 5) is 46.2. The average Bonchev–Trinajstić information content (AvgIpc) is 2.94. The molecule has 1 rings (SSSR count). The highest BCUT2D eigenvalue weighted by atomic mass is 16.4. The van der Waals surface area contributed by atoms with Crippen LogP contribution in [0.1, 0.15) is 39.0 Å². The highest BCUT2D eigenvalue weighted by Crippen LogP contribution is 2.18. The van der Waals surface area contributed by atoms with Crippen molar-refractivity contribution in [1.29, 1.82) is 0 Å². The van der Waals surface area contributed by atoms with E-state index in [0.29, 0.717) is 19.4 Å². The second kappa shape index (κ2) is 9.82. The maximum absolute atomic E-state index is 12.4. The van der Waals surface area contributed by atoms with Crippen LogP contribution in [0.5, 0.6) is 0 Å². The molecule has 25 heavy (non-hydrogen) atoms. The lowest BCUT2D eigenvalue weighted by molar-refractivity contribution is -0.132. The van der Waals surface area contributed by atoms with Gasteiger partial charge in [-0.3, -0.25) is 14.4 Å². The first-order valence-electron chi connectivity index (χ1n) is 8.31. The smallest absolute Gasteiger partial charge is 0.405 e. The molecule has 1 unspecified atom stereocenters. The fourth-order valence-corrected chi connectivity index (χ4v) is 2.75. The van der Waals surface area contributed by atoms with Crippen molar-refractivity contribution < 1.29 is 29.4 Å². The number of aliphatic hydroxyl groups is 1. The lowest BCUT2D eigenvalue weighted by atomic mass is 9.94. The Morgan fingerprint density at radius 2 is 2.04 bits per heavy atom. The summed E-state index contributed by atoms with van der Waals surface area (Å²) in [5.41, 5.74) is 5.11. The molecule has 1 heterocycles. The van der Waals surface area contributed by atoms with Crippen LogP contribution in [0.15, 0.2) is 0 Å². The van der Waals surface area contributed by atoms with E-state index in [4.69, 9.17) is 10.8 Å². The molecule has 1 fully saturated rings. The van der Waals surface area contributed by atoms with Crippen LogP contribution in [0.4, 0.5) is 4.79 Å². The standard InChI is InChI=1S/C15H26N4O6/c1-2-3-4-9(19-15(24)25)14(23)18-10(11(20)12(16)21)7-8-5-6-17-13(8)22/h8-11,19-20H,2-7H2,1H3,(H2,16,21)(H,17,22)(H,18,23)(H,24,25)/t8-,9-,10-,11?/m0/s1. The number of rotatable bonds is 10. The summed E-state index contributed by atoms with van der Waals surface area (Å²) >= 11 is 0. The highest BCUT2D eigenvalue weighted by molar-refractivity contribution is 5.87. The third kappa shape index (κ3) is 6.57. The van der Waals surface area contributed by atoms with Gasteiger partial charge in [-0.25, -0.2) is 4.79 Å². The third-order valence-electron chi connectivity index (χ3n) is 4.16. The summed E-state index contributed by atoms with van der Waals surface area (Å²) in [5, 5.41) is 26.0. The number of unbranched alkanes of at least 4 members (excludes halogenated alkanes) is 1. The minimum absolute atomic E-state index is 0.0370. The van der Waals surface area contributed by atoms with E-state index in [-0.39, 0.29) is 18.7 Å². The predicted molar refractivity (Wildman–Crippen MR) is 87.3 cm³/mol. The van der Waals surface area contributed by atoms with Gasteiger partial charge in [-0.1, -0.05) is 19.8 Å². The molecule has 4 atom stereocenters. The molecule has 0 saturated carbocycles. The van der Waals surface area contributed by atoms with E-state index in [1.807, 2.05) is 6.92 Å². The fourth-order valence-electron chi connectivity index (χ4n) is 2.75. The molecule has 1 aliphatic heterocycles. The molecule has 0 spiro atoms. The molecule has 0 aromatic carbocycles. The van der Waals surface area contributed by atoms with E-state index in [0.717, 1.165) is 6.42 Å². The van der Waals surface area contributed by atoms with Gasteiger partial charge >= 0.3 is 6.09 Å². The maximum atomic E-state index is 12.4. The minimum Gasteiger partial charge on any atom is -0.465 e. The Hall–Kier alpha value is -2.36. The number of primary amides is 1. The van der Waals surface area contributed by atoms with Gasteiger partial charge in [0.1, 0.15) is 6.04 Å². The molecule has 10 nitrogen and oxygen atoms in total. The summed E-state index contributed by atoms with van der Waals surface area (Å²) in [6.45, 7) is 2.38. The lowest BCUT2D eigenvalue weighted by Crippen LogP contribution is -2.55. The van der Waals surface area contributed by atoms with Crippen LogP contribution in [0.3, 0.4) is 0 Å². The number of nitrogens with two attached hydrogens (primary N) is 1. The van der Waals surface area contributed by atoms with E-state index in [1.54, 1.807) is 0 Å². The summed E-state index contributed by atoms with van der Waals surface area (Å²) < 4.78 is 0. The molecule has 1 saturated heterocycles. The van der Waals surface area contributed by atoms with Crippen molar-refractivity contribution in [2.45, 2.75) is 57.2 Å². The molecule has 4 amide bonds. The molecule has 142 valence electrons. The quantitative estimate of drug-likeness (QED) is 0.282. The van der Waals surface area contributed by atoms with Gasteiger partial charge in [-0.05, 0) is 19.3 Å². The van der Waals surface area contributed by atoms with Crippen LogP contribution < -0.4 is 21.7 Å². The molecule has 7 N–H and O–H groups in total. The van der Waals surface area contributed by atoms with E-state index in [1.165, 1.54) is 0 Å². The topological polar surface area (TPSA) is 171 Å². The number of carbonyl (C=O) groups is 4. The van der Waals surface area contributed by atoms with Crippen LogP contribution in [0, 0.1) is 5.92 Å². The van der Waals surface area contributed by atoms with Crippen molar-refractivity contribution in [3.8, 4) is 0 Å². The van der Waals surface area contributed by atoms with Crippen LogP contribution in [-0.4, -0.2) is 58.8 Å². The van der Waals surface area contributed by atoms with E-state index >= 15 is 0 Å². The summed E-state index contributed by atoms with van der Waals surface area (Å²) in [6, 6.07) is -2.09. The fraction of sp³-hybridized carbons (Fsp3) is 0.733. The van der Waals surface area contributed by atoms with E-state index in [9.17, 15) is 24.3 Å². The van der Waals surface area contributed by atoms with Gasteiger partial charge in [0.15, 0.2) is 6.10 Å².